The highest BCUT2D eigenvalue weighted by Gasteiger charge is 2.21. The Labute approximate surface area is 188 Å². The van der Waals surface area contributed by atoms with Crippen molar-refractivity contribution >= 4 is 27.2 Å². The number of carbonyl (C=O) groups excluding carboxylic acids is 1. The first-order chi connectivity index (χ1) is 15.2. The molecule has 8 nitrogen and oxygen atoms in total. The zero-order valence-electron chi connectivity index (χ0n) is 18.4. The van der Waals surface area contributed by atoms with Crippen molar-refractivity contribution in [3.05, 3.63) is 53.6 Å². The summed E-state index contributed by atoms with van der Waals surface area (Å²) in [6, 6.07) is 7.73. The van der Waals surface area contributed by atoms with E-state index < -0.39 is 21.7 Å². The van der Waals surface area contributed by atoms with E-state index in [1.807, 2.05) is 6.92 Å². The lowest BCUT2D eigenvalue weighted by Crippen LogP contribution is -2.43. The second-order valence-corrected chi connectivity index (χ2v) is 10.4. The number of sulfone groups is 1. The lowest BCUT2D eigenvalue weighted by atomic mass is 10.0. The van der Waals surface area contributed by atoms with Gasteiger partial charge < -0.3 is 16.0 Å². The monoisotopic (exact) mass is 463 g/mol. The molecule has 0 unspecified atom stereocenters. The number of amides is 2. The molecule has 0 aliphatic carbocycles. The number of rotatable bonds is 8. The molecular formula is C22H30FN5O3S. The third-order valence-electron chi connectivity index (χ3n) is 5.41. The van der Waals surface area contributed by atoms with Gasteiger partial charge in [0.05, 0.1) is 17.8 Å². The van der Waals surface area contributed by atoms with Crippen LogP contribution in [0.15, 0.2) is 36.5 Å². The van der Waals surface area contributed by atoms with Gasteiger partial charge in [-0.15, -0.1) is 0 Å². The van der Waals surface area contributed by atoms with E-state index in [-0.39, 0.29) is 17.7 Å². The van der Waals surface area contributed by atoms with Gasteiger partial charge in [0.25, 0.3) is 0 Å². The van der Waals surface area contributed by atoms with E-state index in [0.29, 0.717) is 17.9 Å². The van der Waals surface area contributed by atoms with Crippen molar-refractivity contribution in [2.75, 3.05) is 35.4 Å². The van der Waals surface area contributed by atoms with Gasteiger partial charge in [-0.1, -0.05) is 6.92 Å². The van der Waals surface area contributed by atoms with Crippen LogP contribution in [-0.2, 0) is 16.4 Å². The molecule has 0 atom stereocenters. The number of hydrogen-bond acceptors (Lipinski definition) is 6. The number of halogens is 1. The molecule has 1 aromatic heterocycles. The number of urea groups is 1. The van der Waals surface area contributed by atoms with Gasteiger partial charge in [0.2, 0.25) is 0 Å². The van der Waals surface area contributed by atoms with Gasteiger partial charge in [-0.3, -0.25) is 9.88 Å². The van der Waals surface area contributed by atoms with Crippen LogP contribution in [0.4, 0.5) is 20.6 Å². The van der Waals surface area contributed by atoms with Gasteiger partial charge in [0.1, 0.15) is 5.82 Å². The first kappa shape index (κ1) is 24.1. The Hall–Kier alpha value is -2.56. The number of aromatic nitrogens is 1. The quantitative estimate of drug-likeness (QED) is 0.556. The fraction of sp³-hybridized carbons (Fsp3) is 0.455. The molecule has 32 heavy (non-hydrogen) atoms. The average Bonchev–Trinajstić information content (AvgIpc) is 2.74. The molecule has 174 valence electrons. The normalized spacial score (nSPS) is 15.5. The van der Waals surface area contributed by atoms with Crippen LogP contribution in [0.1, 0.15) is 31.0 Å². The van der Waals surface area contributed by atoms with Crippen LogP contribution in [0.25, 0.3) is 0 Å². The summed E-state index contributed by atoms with van der Waals surface area (Å²) in [5.41, 5.74) is 2.53. The largest absolute Gasteiger partial charge is 0.323 e. The van der Waals surface area contributed by atoms with Crippen LogP contribution < -0.4 is 16.0 Å². The summed E-state index contributed by atoms with van der Waals surface area (Å²) in [5, 5.41) is 8.46. The fourth-order valence-electron chi connectivity index (χ4n) is 3.55. The predicted octanol–water partition coefficient (Wildman–Crippen LogP) is 3.12. The molecule has 1 aliphatic rings. The highest BCUT2D eigenvalue weighted by molar-refractivity contribution is 7.91. The highest BCUT2D eigenvalue weighted by atomic mass is 32.2. The zero-order chi connectivity index (χ0) is 23.1. The van der Waals surface area contributed by atoms with Crippen molar-refractivity contribution in [3.8, 4) is 0 Å². The lowest BCUT2D eigenvalue weighted by Gasteiger charge is -2.32. The molecular weight excluding hydrogens is 433 g/mol. The Bertz CT molecular complexity index is 1020. The van der Waals surface area contributed by atoms with Crippen LogP contribution in [0, 0.1) is 12.7 Å². The molecule has 0 radical (unpaired) electrons. The predicted molar refractivity (Wildman–Crippen MR) is 124 cm³/mol. The van der Waals surface area contributed by atoms with Crippen molar-refractivity contribution in [1.82, 2.24) is 15.2 Å². The number of pyridine rings is 1. The molecule has 2 aromatic rings. The van der Waals surface area contributed by atoms with Gasteiger partial charge in [-0.25, -0.2) is 17.6 Å². The number of piperidine rings is 1. The molecule has 3 rings (SSSR count). The summed E-state index contributed by atoms with van der Waals surface area (Å²) in [4.78, 5) is 18.6. The van der Waals surface area contributed by atoms with Gasteiger partial charge in [-0.05, 0) is 68.8 Å². The van der Waals surface area contributed by atoms with E-state index in [1.54, 1.807) is 31.3 Å². The van der Waals surface area contributed by atoms with E-state index >= 15 is 0 Å². The van der Waals surface area contributed by atoms with Crippen LogP contribution in [0.5, 0.6) is 0 Å². The average molecular weight is 464 g/mol. The summed E-state index contributed by atoms with van der Waals surface area (Å²) in [6.07, 6.45) is 3.21. The first-order valence-corrected chi connectivity index (χ1v) is 12.5. The third kappa shape index (κ3) is 7.54. The van der Waals surface area contributed by atoms with Crippen LogP contribution in [-0.4, -0.2) is 55.1 Å². The molecule has 3 N–H and O–H groups in total. The molecule has 1 fully saturated rings. The van der Waals surface area contributed by atoms with Crippen molar-refractivity contribution in [1.29, 1.82) is 0 Å². The number of anilines is 2. The maximum absolute atomic E-state index is 14.1. The summed E-state index contributed by atoms with van der Waals surface area (Å²) in [6.45, 7) is 5.61. The lowest BCUT2D eigenvalue weighted by molar-refractivity contribution is 0.193. The molecule has 0 spiro atoms. The Kier molecular flexibility index (Phi) is 8.16. The van der Waals surface area contributed by atoms with E-state index in [4.69, 9.17) is 0 Å². The smallest absolute Gasteiger partial charge is 0.308 e. The second kappa shape index (κ2) is 10.8. The molecule has 1 aliphatic heterocycles. The molecule has 2 amide bonds. The zero-order valence-corrected chi connectivity index (χ0v) is 19.2. The minimum Gasteiger partial charge on any atom is -0.308 e. The molecule has 1 aromatic carbocycles. The number of nitrogens with one attached hydrogen (secondary N) is 3. The van der Waals surface area contributed by atoms with E-state index in [2.05, 4.69) is 25.8 Å². The number of hydrogen-bond donors (Lipinski definition) is 3. The summed E-state index contributed by atoms with van der Waals surface area (Å²) in [5.74, 6) is -0.279. The molecule has 0 bridgehead atoms. The third-order valence-corrected chi connectivity index (χ3v) is 6.90. The SMILES string of the molecule is CCS(=O)(=O)CNC1CCN(Cc2cc(F)cc(NC(=O)Nc3ccc(C)nc3)c2)CC1. The van der Waals surface area contributed by atoms with Crippen molar-refractivity contribution in [3.63, 3.8) is 0 Å². The van der Waals surface area contributed by atoms with Crippen LogP contribution >= 0.6 is 0 Å². The van der Waals surface area contributed by atoms with E-state index in [1.165, 1.54) is 12.1 Å². The first-order valence-electron chi connectivity index (χ1n) is 10.7. The highest BCUT2D eigenvalue weighted by Crippen LogP contribution is 2.19. The summed E-state index contributed by atoms with van der Waals surface area (Å²) >= 11 is 0. The minimum absolute atomic E-state index is 0.00775. The summed E-state index contributed by atoms with van der Waals surface area (Å²) in [7, 11) is -3.03. The number of carbonyl (C=O) groups is 1. The number of likely N-dealkylation sites (tertiary alicyclic amines) is 1. The van der Waals surface area contributed by atoms with Gasteiger partial charge in [0, 0.05) is 29.7 Å². The Balaban J connectivity index is 1.51. The standard InChI is InChI=1S/C22H30FN5O3S/c1-3-32(30,31)15-25-19-6-8-28(9-7-19)14-17-10-18(23)12-21(11-17)27-22(29)26-20-5-4-16(2)24-13-20/h4-5,10-13,19,25H,3,6-9,14-15H2,1-2H3,(H2,26,27,29). The topological polar surface area (TPSA) is 103 Å². The van der Waals surface area contributed by atoms with Gasteiger partial charge in [-0.2, -0.15) is 0 Å². The van der Waals surface area contributed by atoms with Crippen molar-refractivity contribution in [2.24, 2.45) is 0 Å². The Morgan fingerprint density at radius 2 is 1.88 bits per heavy atom. The molecule has 10 heteroatoms. The van der Waals surface area contributed by atoms with E-state index in [9.17, 15) is 17.6 Å². The maximum Gasteiger partial charge on any atom is 0.323 e. The molecule has 1 saturated heterocycles. The van der Waals surface area contributed by atoms with Crippen molar-refractivity contribution in [2.45, 2.75) is 39.3 Å². The second-order valence-electron chi connectivity index (χ2n) is 8.05. The number of benzene rings is 1. The maximum atomic E-state index is 14.1. The Morgan fingerprint density at radius 3 is 2.53 bits per heavy atom. The van der Waals surface area contributed by atoms with Crippen LogP contribution in [0.2, 0.25) is 0 Å². The molecule has 2 heterocycles. The number of nitrogens with zero attached hydrogens (tertiary/aromatic N) is 2. The fourth-order valence-corrected chi connectivity index (χ4v) is 4.24. The van der Waals surface area contributed by atoms with Gasteiger partial charge >= 0.3 is 6.03 Å². The van der Waals surface area contributed by atoms with Crippen molar-refractivity contribution < 1.29 is 17.6 Å². The summed E-state index contributed by atoms with van der Waals surface area (Å²) < 4.78 is 37.5. The molecule has 0 saturated carbocycles. The minimum atomic E-state index is -3.03. The number of aryl methyl sites for hydroxylation is 1. The Morgan fingerprint density at radius 1 is 1.16 bits per heavy atom. The van der Waals surface area contributed by atoms with Gasteiger partial charge in [0.15, 0.2) is 9.84 Å². The van der Waals surface area contributed by atoms with E-state index in [0.717, 1.165) is 37.2 Å². The van der Waals surface area contributed by atoms with Crippen LogP contribution in [0.3, 0.4) is 0 Å².